The Labute approximate surface area is 165 Å². The summed E-state index contributed by atoms with van der Waals surface area (Å²) in [6.07, 6.45) is 0.394. The van der Waals surface area contributed by atoms with Crippen molar-refractivity contribution >= 4 is 41.5 Å². The van der Waals surface area contributed by atoms with Crippen LogP contribution in [0.15, 0.2) is 0 Å². The lowest BCUT2D eigenvalue weighted by Gasteiger charge is -2.17. The molecule has 0 unspecified atom stereocenters. The molecule has 29 heavy (non-hydrogen) atoms. The summed E-state index contributed by atoms with van der Waals surface area (Å²) in [5, 5.41) is 3.22. The monoisotopic (exact) mass is 411 g/mol. The number of amides is 5. The lowest BCUT2D eigenvalue weighted by atomic mass is 10.2. The third kappa shape index (κ3) is 6.09. The fourth-order valence-corrected chi connectivity index (χ4v) is 2.56. The lowest BCUT2D eigenvalue weighted by molar-refractivity contribution is -0.198. The third-order valence-electron chi connectivity index (χ3n) is 4.15. The molecule has 1 atom stereocenters. The van der Waals surface area contributed by atoms with E-state index in [4.69, 9.17) is 9.68 Å². The molecule has 0 aromatic carbocycles. The molecule has 0 aliphatic carbocycles. The highest BCUT2D eigenvalue weighted by Gasteiger charge is 2.34. The van der Waals surface area contributed by atoms with Gasteiger partial charge in [0.2, 0.25) is 5.91 Å². The van der Waals surface area contributed by atoms with Crippen LogP contribution < -0.4 is 5.32 Å². The molecule has 2 heterocycles. The Balaban J connectivity index is 1.62. The van der Waals surface area contributed by atoms with Gasteiger partial charge in [0.1, 0.15) is 6.04 Å². The van der Waals surface area contributed by atoms with Crippen LogP contribution in [0, 0.1) is 0 Å². The van der Waals surface area contributed by atoms with E-state index in [9.17, 15) is 33.6 Å². The second-order valence-corrected chi connectivity index (χ2v) is 6.53. The molecule has 2 fully saturated rings. The van der Waals surface area contributed by atoms with Crippen LogP contribution in [0.5, 0.6) is 0 Å². The number of carbonyl (C=O) groups is 7. The van der Waals surface area contributed by atoms with E-state index in [0.29, 0.717) is 10.1 Å². The lowest BCUT2D eigenvalue weighted by Crippen LogP contribution is -2.43. The highest BCUT2D eigenvalue weighted by atomic mass is 16.7. The molecular weight excluding hydrogens is 390 g/mol. The van der Waals surface area contributed by atoms with Gasteiger partial charge in [0, 0.05) is 38.5 Å². The normalized spacial score (nSPS) is 17.6. The van der Waals surface area contributed by atoms with Crippen LogP contribution in [-0.2, 0) is 43.2 Å². The summed E-state index contributed by atoms with van der Waals surface area (Å²) in [4.78, 5) is 90.2. The number of hydrogen-bond donors (Lipinski definition) is 1. The fourth-order valence-electron chi connectivity index (χ4n) is 2.56. The minimum Gasteiger partial charge on any atom is -0.343 e. The van der Waals surface area contributed by atoms with Crippen LogP contribution in [0.1, 0.15) is 58.3 Å². The van der Waals surface area contributed by atoms with Crippen LogP contribution in [0.2, 0.25) is 0 Å². The Hall–Kier alpha value is -3.31. The van der Waals surface area contributed by atoms with Crippen molar-refractivity contribution in [2.24, 2.45) is 0 Å². The van der Waals surface area contributed by atoms with Crippen LogP contribution in [0.25, 0.3) is 0 Å². The van der Waals surface area contributed by atoms with E-state index >= 15 is 0 Å². The zero-order valence-corrected chi connectivity index (χ0v) is 15.8. The zero-order chi connectivity index (χ0) is 21.6. The van der Waals surface area contributed by atoms with Crippen LogP contribution in [0.3, 0.4) is 0 Å². The molecule has 0 spiro atoms. The third-order valence-corrected chi connectivity index (χ3v) is 4.15. The summed E-state index contributed by atoms with van der Waals surface area (Å²) in [7, 11) is 0. The number of hydroxylamine groups is 4. The van der Waals surface area contributed by atoms with E-state index in [0.717, 1.165) is 0 Å². The van der Waals surface area contributed by atoms with Crippen molar-refractivity contribution in [3.05, 3.63) is 0 Å². The van der Waals surface area contributed by atoms with Gasteiger partial charge < -0.3 is 15.0 Å². The van der Waals surface area contributed by atoms with Crippen molar-refractivity contribution in [2.45, 2.75) is 64.3 Å². The number of nitrogens with one attached hydrogen (secondary N) is 1. The molecule has 2 saturated heterocycles. The number of imide groups is 2. The van der Waals surface area contributed by atoms with E-state index in [1.165, 1.54) is 6.92 Å². The second-order valence-electron chi connectivity index (χ2n) is 6.53. The molecule has 2 rings (SSSR count). The molecule has 0 radical (unpaired) electrons. The second kappa shape index (κ2) is 9.75. The molecule has 12 nitrogen and oxygen atoms in total. The van der Waals surface area contributed by atoms with Crippen molar-refractivity contribution in [1.29, 1.82) is 0 Å². The van der Waals surface area contributed by atoms with Crippen molar-refractivity contribution in [2.75, 3.05) is 0 Å². The summed E-state index contributed by atoms with van der Waals surface area (Å²) >= 11 is 0. The summed E-state index contributed by atoms with van der Waals surface area (Å²) < 4.78 is 0. The summed E-state index contributed by atoms with van der Waals surface area (Å²) in [6, 6.07) is -1.08. The van der Waals surface area contributed by atoms with Gasteiger partial charge in [-0.2, -0.15) is 0 Å². The predicted octanol–water partition coefficient (Wildman–Crippen LogP) is -0.734. The Morgan fingerprint density at radius 1 is 0.828 bits per heavy atom. The number of carbonyl (C=O) groups excluding carboxylic acids is 7. The van der Waals surface area contributed by atoms with Gasteiger partial charge in [-0.25, -0.2) is 9.59 Å². The van der Waals surface area contributed by atoms with E-state index in [1.807, 2.05) is 0 Å². The van der Waals surface area contributed by atoms with Crippen molar-refractivity contribution in [3.63, 3.8) is 0 Å². The van der Waals surface area contributed by atoms with Gasteiger partial charge in [0.25, 0.3) is 23.6 Å². The Kier molecular flexibility index (Phi) is 7.39. The number of rotatable bonds is 9. The smallest absolute Gasteiger partial charge is 0.343 e. The Morgan fingerprint density at radius 2 is 1.28 bits per heavy atom. The van der Waals surface area contributed by atoms with Gasteiger partial charge in [-0.05, 0) is 19.8 Å². The van der Waals surface area contributed by atoms with Crippen LogP contribution in [0.4, 0.5) is 0 Å². The molecule has 0 aromatic rings. The molecule has 0 saturated carbocycles. The first-order chi connectivity index (χ1) is 13.7. The first kappa shape index (κ1) is 22.0. The summed E-state index contributed by atoms with van der Waals surface area (Å²) in [5.41, 5.74) is 0. The average Bonchev–Trinajstić information content (AvgIpc) is 3.15. The predicted molar refractivity (Wildman–Crippen MR) is 90.4 cm³/mol. The fraction of sp³-hybridized carbons (Fsp3) is 0.588. The summed E-state index contributed by atoms with van der Waals surface area (Å²) in [6.45, 7) is 1.34. The van der Waals surface area contributed by atoms with Gasteiger partial charge in [-0.15, -0.1) is 10.1 Å². The molecule has 0 aromatic heterocycles. The minimum atomic E-state index is -1.08. The molecule has 2 aliphatic rings. The Morgan fingerprint density at radius 3 is 1.79 bits per heavy atom. The maximum absolute atomic E-state index is 11.9. The summed E-state index contributed by atoms with van der Waals surface area (Å²) in [5.74, 6) is -4.58. The maximum atomic E-state index is 11.9. The van der Waals surface area contributed by atoms with E-state index < -0.39 is 47.5 Å². The van der Waals surface area contributed by atoms with Gasteiger partial charge in [0.15, 0.2) is 0 Å². The van der Waals surface area contributed by atoms with Crippen molar-refractivity contribution in [1.82, 2.24) is 15.4 Å². The minimum absolute atomic E-state index is 0.00590. The quantitative estimate of drug-likeness (QED) is 0.381. The highest BCUT2D eigenvalue weighted by Crippen LogP contribution is 2.14. The molecular formula is C17H21N3O9. The topological polar surface area (TPSA) is 156 Å². The van der Waals surface area contributed by atoms with E-state index in [1.54, 1.807) is 0 Å². The van der Waals surface area contributed by atoms with Gasteiger partial charge >= 0.3 is 11.9 Å². The first-order valence-electron chi connectivity index (χ1n) is 9.12. The van der Waals surface area contributed by atoms with E-state index in [2.05, 4.69) is 5.32 Å². The number of unbranched alkanes of at least 4 members (excludes halogenated alkanes) is 1. The standard InChI is InChI=1S/C17H21N3O9/c1-10(17(27)29-20-14(24)8-9-15(20)25)18-11(21)4-2-3-5-16(26)28-19-12(22)6-7-13(19)23/h10H,2-9H2,1H3,(H,18,21)/t10-/m0/s1. The van der Waals surface area contributed by atoms with E-state index in [-0.39, 0.29) is 51.4 Å². The van der Waals surface area contributed by atoms with Crippen LogP contribution in [-0.4, -0.2) is 57.6 Å². The first-order valence-corrected chi connectivity index (χ1v) is 9.12. The van der Waals surface area contributed by atoms with Gasteiger partial charge in [-0.3, -0.25) is 24.0 Å². The SMILES string of the molecule is C[C@H](NC(=O)CCCCC(=O)ON1C(=O)CCC1=O)C(=O)ON1C(=O)CCC1=O. The van der Waals surface area contributed by atoms with Crippen molar-refractivity contribution < 1.29 is 43.2 Å². The molecule has 0 bridgehead atoms. The maximum Gasteiger partial charge on any atom is 0.354 e. The van der Waals surface area contributed by atoms with Gasteiger partial charge in [-0.1, -0.05) is 0 Å². The number of hydrogen-bond acceptors (Lipinski definition) is 9. The molecule has 1 N–H and O–H groups in total. The highest BCUT2D eigenvalue weighted by molar-refractivity contribution is 6.02. The largest absolute Gasteiger partial charge is 0.354 e. The van der Waals surface area contributed by atoms with Crippen LogP contribution >= 0.6 is 0 Å². The van der Waals surface area contributed by atoms with Crippen molar-refractivity contribution in [3.8, 4) is 0 Å². The average molecular weight is 411 g/mol. The molecule has 158 valence electrons. The zero-order valence-electron chi connectivity index (χ0n) is 15.8. The Bertz CT molecular complexity index is 716. The molecule has 2 aliphatic heterocycles. The number of nitrogens with zero attached hydrogens (tertiary/aromatic N) is 2. The molecule has 5 amide bonds. The van der Waals surface area contributed by atoms with Gasteiger partial charge in [0.05, 0.1) is 0 Å². The molecule has 12 heteroatoms.